The van der Waals surface area contributed by atoms with Gasteiger partial charge in [-0.3, -0.25) is 4.79 Å². The number of benzene rings is 1. The van der Waals surface area contributed by atoms with E-state index in [0.29, 0.717) is 18.8 Å². The van der Waals surface area contributed by atoms with Gasteiger partial charge in [-0.1, -0.05) is 6.07 Å². The van der Waals surface area contributed by atoms with Gasteiger partial charge in [0.15, 0.2) is 11.5 Å². The average molecular weight is 343 g/mol. The Morgan fingerprint density at radius 3 is 3.12 bits per heavy atom. The lowest BCUT2D eigenvalue weighted by molar-refractivity contribution is -0.121. The molecule has 0 spiro atoms. The maximum atomic E-state index is 12.5. The van der Waals surface area contributed by atoms with E-state index in [2.05, 4.69) is 17.2 Å². The summed E-state index contributed by atoms with van der Waals surface area (Å²) in [4.78, 5) is 16.9. The van der Waals surface area contributed by atoms with Crippen LogP contribution in [0.5, 0.6) is 11.5 Å². The van der Waals surface area contributed by atoms with Crippen molar-refractivity contribution >= 4 is 5.91 Å². The molecule has 0 aliphatic carbocycles. The van der Waals surface area contributed by atoms with Crippen molar-refractivity contribution in [3.05, 3.63) is 42.0 Å². The number of rotatable bonds is 5. The Morgan fingerprint density at radius 1 is 1.36 bits per heavy atom. The number of ether oxygens (including phenoxy) is 3. The van der Waals surface area contributed by atoms with Gasteiger partial charge in [0.2, 0.25) is 12.7 Å². The Morgan fingerprint density at radius 2 is 2.24 bits per heavy atom. The normalized spacial score (nSPS) is 21.5. The largest absolute Gasteiger partial charge is 0.454 e. The number of hydrogen-bond acceptors (Lipinski definition) is 5. The lowest BCUT2D eigenvalue weighted by Gasteiger charge is -2.20. The van der Waals surface area contributed by atoms with Crippen molar-refractivity contribution in [3.63, 3.8) is 0 Å². The quantitative estimate of drug-likeness (QED) is 0.896. The van der Waals surface area contributed by atoms with Crippen LogP contribution < -0.4 is 14.8 Å². The molecule has 7 nitrogen and oxygen atoms in total. The molecular weight excluding hydrogens is 322 g/mol. The lowest BCUT2D eigenvalue weighted by Crippen LogP contribution is -2.38. The van der Waals surface area contributed by atoms with Gasteiger partial charge in [-0.2, -0.15) is 0 Å². The maximum Gasteiger partial charge on any atom is 0.231 e. The van der Waals surface area contributed by atoms with E-state index < -0.39 is 0 Å². The highest BCUT2D eigenvalue weighted by Crippen LogP contribution is 2.33. The van der Waals surface area contributed by atoms with Crippen LogP contribution in [0.3, 0.4) is 0 Å². The SMILES string of the molecule is CCn1ccnc1[C@H]1OCC[C@@H]1NC(=O)Cc1ccc2c(c1)OCO2. The van der Waals surface area contributed by atoms with Crippen LogP contribution in [0.1, 0.15) is 30.8 Å². The van der Waals surface area contributed by atoms with Crippen LogP contribution in [0, 0.1) is 0 Å². The Bertz CT molecular complexity index is 773. The van der Waals surface area contributed by atoms with Gasteiger partial charge in [-0.25, -0.2) is 4.98 Å². The first-order valence-corrected chi connectivity index (χ1v) is 8.55. The summed E-state index contributed by atoms with van der Waals surface area (Å²) >= 11 is 0. The summed E-state index contributed by atoms with van der Waals surface area (Å²) in [7, 11) is 0. The van der Waals surface area contributed by atoms with Gasteiger partial charge in [-0.05, 0) is 31.0 Å². The zero-order valence-corrected chi connectivity index (χ0v) is 14.1. The Balaban J connectivity index is 1.41. The monoisotopic (exact) mass is 343 g/mol. The zero-order valence-electron chi connectivity index (χ0n) is 14.1. The maximum absolute atomic E-state index is 12.5. The molecule has 2 aliphatic rings. The molecule has 132 valence electrons. The molecule has 1 N–H and O–H groups in total. The number of nitrogens with zero attached hydrogens (tertiary/aromatic N) is 2. The molecule has 3 heterocycles. The molecule has 0 bridgehead atoms. The average Bonchev–Trinajstić information content (AvgIpc) is 3.33. The van der Waals surface area contributed by atoms with E-state index >= 15 is 0 Å². The molecule has 1 aromatic heterocycles. The summed E-state index contributed by atoms with van der Waals surface area (Å²) in [5, 5.41) is 3.10. The standard InChI is InChI=1S/C18H21N3O4/c1-2-21-7-6-19-18(21)17-13(5-8-23-17)20-16(22)10-12-3-4-14-15(9-12)25-11-24-14/h3-4,6-7,9,13,17H,2,5,8,10-11H2,1H3,(H,20,22)/t13-,17-/m0/s1. The summed E-state index contributed by atoms with van der Waals surface area (Å²) in [6, 6.07) is 5.52. The molecule has 2 aliphatic heterocycles. The number of aryl methyl sites for hydroxylation is 1. The number of imidazole rings is 1. The molecule has 25 heavy (non-hydrogen) atoms. The van der Waals surface area contributed by atoms with E-state index in [-0.39, 0.29) is 24.8 Å². The summed E-state index contributed by atoms with van der Waals surface area (Å²) in [5.74, 6) is 2.25. The van der Waals surface area contributed by atoms with Crippen molar-refractivity contribution in [2.75, 3.05) is 13.4 Å². The fourth-order valence-corrected chi connectivity index (χ4v) is 3.33. The van der Waals surface area contributed by atoms with Gasteiger partial charge in [0, 0.05) is 25.5 Å². The first-order valence-electron chi connectivity index (χ1n) is 8.55. The molecule has 1 aromatic carbocycles. The van der Waals surface area contributed by atoms with E-state index in [1.807, 2.05) is 29.0 Å². The van der Waals surface area contributed by atoms with E-state index in [1.54, 1.807) is 6.20 Å². The Hall–Kier alpha value is -2.54. The van der Waals surface area contributed by atoms with Gasteiger partial charge in [0.1, 0.15) is 11.9 Å². The third-order valence-corrected chi connectivity index (χ3v) is 4.58. The highest BCUT2D eigenvalue weighted by molar-refractivity contribution is 5.79. The molecule has 0 saturated carbocycles. The summed E-state index contributed by atoms with van der Waals surface area (Å²) in [6.07, 6.45) is 4.58. The minimum atomic E-state index is -0.198. The number of aromatic nitrogens is 2. The van der Waals surface area contributed by atoms with Gasteiger partial charge >= 0.3 is 0 Å². The number of carbonyl (C=O) groups excluding carboxylic acids is 1. The molecule has 4 rings (SSSR count). The minimum Gasteiger partial charge on any atom is -0.454 e. The topological polar surface area (TPSA) is 74.6 Å². The number of fused-ring (bicyclic) bond motifs is 1. The van der Waals surface area contributed by atoms with Crippen LogP contribution in [-0.2, 0) is 22.5 Å². The van der Waals surface area contributed by atoms with Gasteiger partial charge in [0.05, 0.1) is 12.5 Å². The first-order chi connectivity index (χ1) is 12.2. The predicted molar refractivity (Wildman–Crippen MR) is 89.4 cm³/mol. The third-order valence-electron chi connectivity index (χ3n) is 4.58. The number of hydrogen-bond donors (Lipinski definition) is 1. The number of nitrogens with one attached hydrogen (secondary N) is 1. The molecule has 2 atom stereocenters. The number of amides is 1. The second-order valence-corrected chi connectivity index (χ2v) is 6.19. The summed E-state index contributed by atoms with van der Waals surface area (Å²) < 4.78 is 18.5. The molecular formula is C18H21N3O4. The van der Waals surface area contributed by atoms with Crippen molar-refractivity contribution < 1.29 is 19.0 Å². The molecule has 0 unspecified atom stereocenters. The van der Waals surface area contributed by atoms with Crippen LogP contribution >= 0.6 is 0 Å². The smallest absolute Gasteiger partial charge is 0.231 e. The van der Waals surface area contributed by atoms with Crippen molar-refractivity contribution in [1.82, 2.24) is 14.9 Å². The van der Waals surface area contributed by atoms with Crippen molar-refractivity contribution in [2.24, 2.45) is 0 Å². The van der Waals surface area contributed by atoms with E-state index in [4.69, 9.17) is 14.2 Å². The molecule has 7 heteroatoms. The van der Waals surface area contributed by atoms with Gasteiger partial charge < -0.3 is 24.1 Å². The van der Waals surface area contributed by atoms with Crippen molar-refractivity contribution in [1.29, 1.82) is 0 Å². The second-order valence-electron chi connectivity index (χ2n) is 6.19. The Labute approximate surface area is 145 Å². The predicted octanol–water partition coefficient (Wildman–Crippen LogP) is 1.82. The molecule has 1 fully saturated rings. The zero-order chi connectivity index (χ0) is 17.2. The van der Waals surface area contributed by atoms with Crippen molar-refractivity contribution in [3.8, 4) is 11.5 Å². The fraction of sp³-hybridized carbons (Fsp3) is 0.444. The van der Waals surface area contributed by atoms with E-state index in [1.165, 1.54) is 0 Å². The highest BCUT2D eigenvalue weighted by atomic mass is 16.7. The minimum absolute atomic E-state index is 0.0334. The van der Waals surface area contributed by atoms with E-state index in [0.717, 1.165) is 30.1 Å². The fourth-order valence-electron chi connectivity index (χ4n) is 3.33. The molecule has 2 aromatic rings. The van der Waals surface area contributed by atoms with Gasteiger partial charge in [-0.15, -0.1) is 0 Å². The molecule has 0 radical (unpaired) electrons. The van der Waals surface area contributed by atoms with Crippen LogP contribution in [0.2, 0.25) is 0 Å². The highest BCUT2D eigenvalue weighted by Gasteiger charge is 2.33. The number of carbonyl (C=O) groups is 1. The van der Waals surface area contributed by atoms with Crippen LogP contribution in [0.25, 0.3) is 0 Å². The third kappa shape index (κ3) is 3.19. The van der Waals surface area contributed by atoms with Crippen LogP contribution in [-0.4, -0.2) is 34.9 Å². The van der Waals surface area contributed by atoms with Crippen LogP contribution in [0.4, 0.5) is 0 Å². The molecule has 1 amide bonds. The first kappa shape index (κ1) is 16.0. The summed E-state index contributed by atoms with van der Waals surface area (Å²) in [6.45, 7) is 3.74. The van der Waals surface area contributed by atoms with Crippen LogP contribution in [0.15, 0.2) is 30.6 Å². The summed E-state index contributed by atoms with van der Waals surface area (Å²) in [5.41, 5.74) is 0.896. The Kier molecular flexibility index (Phi) is 4.31. The van der Waals surface area contributed by atoms with Crippen molar-refractivity contribution in [2.45, 2.75) is 38.5 Å². The second kappa shape index (κ2) is 6.76. The lowest BCUT2D eigenvalue weighted by atomic mass is 10.1. The van der Waals surface area contributed by atoms with E-state index in [9.17, 15) is 4.79 Å². The van der Waals surface area contributed by atoms with Gasteiger partial charge in [0.25, 0.3) is 0 Å². The molecule has 1 saturated heterocycles.